The first-order valence-electron chi connectivity index (χ1n) is 11.8. The van der Waals surface area contributed by atoms with Crippen molar-refractivity contribution in [2.45, 2.75) is 51.3 Å². The van der Waals surface area contributed by atoms with Gasteiger partial charge in [0.1, 0.15) is 5.41 Å². The number of nitrogens with zero attached hydrogens (tertiary/aromatic N) is 1. The van der Waals surface area contributed by atoms with Crippen LogP contribution in [0.3, 0.4) is 0 Å². The molecular weight excluding hydrogens is 472 g/mol. The zero-order valence-electron chi connectivity index (χ0n) is 20.0. The minimum atomic E-state index is -1.14. The minimum Gasteiger partial charge on any atom is -0.355 e. The van der Waals surface area contributed by atoms with Crippen LogP contribution in [0.2, 0.25) is 0 Å². The van der Waals surface area contributed by atoms with Crippen molar-refractivity contribution in [2.24, 2.45) is 5.41 Å². The van der Waals surface area contributed by atoms with E-state index >= 15 is 0 Å². The molecule has 5 amide bonds. The molecule has 0 radical (unpaired) electrons. The third-order valence-corrected chi connectivity index (χ3v) is 6.27. The summed E-state index contributed by atoms with van der Waals surface area (Å²) in [7, 11) is 0. The Bertz CT molecular complexity index is 928. The summed E-state index contributed by atoms with van der Waals surface area (Å²) in [6, 6.07) is 7.07. The molecule has 1 fully saturated rings. The predicted molar refractivity (Wildman–Crippen MR) is 133 cm³/mol. The normalized spacial score (nSPS) is 14.0. The van der Waals surface area contributed by atoms with Gasteiger partial charge in [0.25, 0.3) is 5.91 Å². The third-order valence-electron chi connectivity index (χ3n) is 5.96. The van der Waals surface area contributed by atoms with Crippen LogP contribution in [0, 0.1) is 5.41 Å². The summed E-state index contributed by atoms with van der Waals surface area (Å²) in [6.07, 6.45) is 7.04. The van der Waals surface area contributed by atoms with Crippen LogP contribution in [0.15, 0.2) is 36.4 Å². The van der Waals surface area contributed by atoms with Crippen LogP contribution >= 0.6 is 11.6 Å². The molecule has 0 aromatic heterocycles. The van der Waals surface area contributed by atoms with E-state index in [0.717, 1.165) is 16.9 Å². The van der Waals surface area contributed by atoms with E-state index in [2.05, 4.69) is 16.0 Å². The number of anilines is 1. The largest absolute Gasteiger partial charge is 0.355 e. The number of allylic oxidation sites excluding steroid dienone is 1. The molecule has 0 saturated heterocycles. The minimum absolute atomic E-state index is 0.232. The van der Waals surface area contributed by atoms with Crippen molar-refractivity contribution in [3.8, 4) is 0 Å². The fourth-order valence-electron chi connectivity index (χ4n) is 3.71. The molecule has 0 aliphatic heterocycles. The van der Waals surface area contributed by atoms with E-state index < -0.39 is 11.3 Å². The molecule has 0 unspecified atom stereocenters. The second kappa shape index (κ2) is 14.3. The van der Waals surface area contributed by atoms with Crippen LogP contribution in [0.1, 0.15) is 51.0 Å². The molecule has 10 heteroatoms. The number of hydrogen-bond acceptors (Lipinski definition) is 5. The molecule has 1 saturated carbocycles. The Morgan fingerprint density at radius 2 is 1.71 bits per heavy atom. The van der Waals surface area contributed by atoms with Crippen molar-refractivity contribution in [3.05, 3.63) is 42.0 Å². The summed E-state index contributed by atoms with van der Waals surface area (Å²) in [5, 5.41) is 8.11. The summed E-state index contributed by atoms with van der Waals surface area (Å²) < 4.78 is 0. The molecule has 1 aromatic rings. The zero-order valence-corrected chi connectivity index (χ0v) is 20.7. The van der Waals surface area contributed by atoms with Crippen molar-refractivity contribution >= 4 is 47.3 Å². The first-order valence-corrected chi connectivity index (χ1v) is 12.3. The number of carbonyl (C=O) groups is 5. The van der Waals surface area contributed by atoms with E-state index in [1.807, 2.05) is 0 Å². The van der Waals surface area contributed by atoms with Crippen molar-refractivity contribution in [1.29, 1.82) is 0 Å². The number of benzene rings is 1. The van der Waals surface area contributed by atoms with Gasteiger partial charge in [-0.1, -0.05) is 24.6 Å². The lowest BCUT2D eigenvalue weighted by Crippen LogP contribution is -2.56. The smallest absolute Gasteiger partial charge is 0.252 e. The Kier molecular flexibility index (Phi) is 11.4. The van der Waals surface area contributed by atoms with Crippen LogP contribution in [0.25, 0.3) is 0 Å². The summed E-state index contributed by atoms with van der Waals surface area (Å²) in [6.45, 7) is 2.17. The van der Waals surface area contributed by atoms with Crippen molar-refractivity contribution in [1.82, 2.24) is 15.5 Å². The molecule has 0 bridgehead atoms. The van der Waals surface area contributed by atoms with E-state index in [0.29, 0.717) is 63.2 Å². The number of imide groups is 1. The number of carbonyl (C=O) groups excluding carboxylic acids is 5. The van der Waals surface area contributed by atoms with Gasteiger partial charge in [0.15, 0.2) is 0 Å². The number of amides is 5. The maximum absolute atomic E-state index is 12.7. The second-order valence-corrected chi connectivity index (χ2v) is 8.72. The van der Waals surface area contributed by atoms with Gasteiger partial charge in [-0.25, -0.2) is 0 Å². The standard InChI is InChI=1S/C25H33ClN4O5/c1-2-7-22(33)30(18-31)15-5-3-4-14-27-23(34)25(12-6-13-25)24(35)28-17-21(32)29-20-10-8-19(16-26)9-11-20/h2,7-11,18H,3-6,12-17H2,1H3,(H,27,34)(H,28,35)(H,29,32)/b7-2-. The van der Waals surface area contributed by atoms with Crippen molar-refractivity contribution < 1.29 is 24.0 Å². The van der Waals surface area contributed by atoms with Gasteiger partial charge in [-0.3, -0.25) is 28.9 Å². The summed E-state index contributed by atoms with van der Waals surface area (Å²) in [4.78, 5) is 61.5. The van der Waals surface area contributed by atoms with Crippen molar-refractivity contribution in [3.63, 3.8) is 0 Å². The Morgan fingerprint density at radius 3 is 2.29 bits per heavy atom. The van der Waals surface area contributed by atoms with E-state index in [1.165, 1.54) is 6.08 Å². The van der Waals surface area contributed by atoms with Crippen LogP contribution in [0.4, 0.5) is 5.69 Å². The average molecular weight is 505 g/mol. The Hall–Kier alpha value is -3.20. The SMILES string of the molecule is C/C=C\C(=O)N(C=O)CCCCCNC(=O)C1(C(=O)NCC(=O)Nc2ccc(CCl)cc2)CCC1. The number of alkyl halides is 1. The number of nitrogens with one attached hydrogen (secondary N) is 3. The van der Waals surface area contributed by atoms with Gasteiger partial charge in [-0.2, -0.15) is 0 Å². The van der Waals surface area contributed by atoms with Crippen LogP contribution in [-0.2, 0) is 29.9 Å². The molecule has 0 spiro atoms. The quantitative estimate of drug-likeness (QED) is 0.118. The first-order chi connectivity index (χ1) is 16.9. The number of hydrogen-bond donors (Lipinski definition) is 3. The van der Waals surface area contributed by atoms with Gasteiger partial charge in [0.05, 0.1) is 6.54 Å². The topological polar surface area (TPSA) is 125 Å². The highest BCUT2D eigenvalue weighted by atomic mass is 35.5. The van der Waals surface area contributed by atoms with E-state index in [9.17, 15) is 24.0 Å². The van der Waals surface area contributed by atoms with Gasteiger partial charge >= 0.3 is 0 Å². The third kappa shape index (κ3) is 8.20. The molecule has 190 valence electrons. The van der Waals surface area contributed by atoms with Gasteiger partial charge < -0.3 is 16.0 Å². The Morgan fingerprint density at radius 1 is 1.03 bits per heavy atom. The van der Waals surface area contributed by atoms with Gasteiger partial charge in [-0.05, 0) is 62.8 Å². The fraction of sp³-hybridized carbons (Fsp3) is 0.480. The van der Waals surface area contributed by atoms with Gasteiger partial charge in [-0.15, -0.1) is 11.6 Å². The first kappa shape index (κ1) is 28.0. The highest BCUT2D eigenvalue weighted by Gasteiger charge is 2.50. The second-order valence-electron chi connectivity index (χ2n) is 8.45. The molecule has 1 aromatic carbocycles. The summed E-state index contributed by atoms with van der Waals surface area (Å²) in [5.74, 6) is -1.14. The lowest BCUT2D eigenvalue weighted by Gasteiger charge is -2.38. The average Bonchev–Trinajstić information content (AvgIpc) is 2.82. The molecule has 3 N–H and O–H groups in total. The number of unbranched alkanes of at least 4 members (excludes halogenated alkanes) is 2. The highest BCUT2D eigenvalue weighted by Crippen LogP contribution is 2.41. The van der Waals surface area contributed by atoms with Crippen LogP contribution < -0.4 is 16.0 Å². The molecule has 2 rings (SSSR count). The summed E-state index contributed by atoms with van der Waals surface area (Å²) in [5.41, 5.74) is 0.380. The lowest BCUT2D eigenvalue weighted by molar-refractivity contribution is -0.150. The number of rotatable bonds is 14. The predicted octanol–water partition coefficient (Wildman–Crippen LogP) is 2.50. The summed E-state index contributed by atoms with van der Waals surface area (Å²) >= 11 is 5.75. The van der Waals surface area contributed by atoms with E-state index in [1.54, 1.807) is 37.3 Å². The fourth-order valence-corrected chi connectivity index (χ4v) is 3.89. The number of halogens is 1. The van der Waals surface area contributed by atoms with Crippen LogP contribution in [-0.4, -0.2) is 54.6 Å². The van der Waals surface area contributed by atoms with E-state index in [-0.39, 0.29) is 24.3 Å². The molecule has 0 heterocycles. The molecule has 35 heavy (non-hydrogen) atoms. The molecule has 9 nitrogen and oxygen atoms in total. The molecular formula is C25H33ClN4O5. The Labute approximate surface area is 210 Å². The monoisotopic (exact) mass is 504 g/mol. The van der Waals surface area contributed by atoms with Crippen LogP contribution in [0.5, 0.6) is 0 Å². The zero-order chi connectivity index (χ0) is 25.7. The molecule has 1 aliphatic rings. The lowest BCUT2D eigenvalue weighted by atomic mass is 9.67. The molecule has 0 atom stereocenters. The highest BCUT2D eigenvalue weighted by molar-refractivity contribution is 6.17. The van der Waals surface area contributed by atoms with Gasteiger partial charge in [0.2, 0.25) is 24.1 Å². The maximum atomic E-state index is 12.7. The van der Waals surface area contributed by atoms with Crippen molar-refractivity contribution in [2.75, 3.05) is 25.0 Å². The molecule has 1 aliphatic carbocycles. The van der Waals surface area contributed by atoms with E-state index in [4.69, 9.17) is 11.6 Å². The van der Waals surface area contributed by atoms with Gasteiger partial charge in [0, 0.05) is 24.7 Å². The maximum Gasteiger partial charge on any atom is 0.252 e. The Balaban J connectivity index is 1.71.